The van der Waals surface area contributed by atoms with Crippen molar-refractivity contribution in [3.05, 3.63) is 16.1 Å². The molecular formula is C15H25N3O3S. The van der Waals surface area contributed by atoms with Crippen molar-refractivity contribution in [2.45, 2.75) is 32.6 Å². The Balaban J connectivity index is 2.36. The minimum atomic E-state index is -0.159. The fourth-order valence-electron chi connectivity index (χ4n) is 1.76. The SMILES string of the molecule is COCCCNC(=O)CN(C)C(=O)Cc1csc(C(C)C)n1. The van der Waals surface area contributed by atoms with Gasteiger partial charge in [0.25, 0.3) is 0 Å². The lowest BCUT2D eigenvalue weighted by Gasteiger charge is -2.16. The van der Waals surface area contributed by atoms with Crippen molar-refractivity contribution in [2.24, 2.45) is 0 Å². The molecule has 1 N–H and O–H groups in total. The molecule has 1 rings (SSSR count). The Morgan fingerprint density at radius 2 is 2.18 bits per heavy atom. The second-order valence-corrected chi connectivity index (χ2v) is 6.34. The zero-order chi connectivity index (χ0) is 16.5. The number of methoxy groups -OCH3 is 1. The Hall–Kier alpha value is -1.47. The summed E-state index contributed by atoms with van der Waals surface area (Å²) < 4.78 is 4.91. The number of nitrogens with one attached hydrogen (secondary N) is 1. The van der Waals surface area contributed by atoms with Crippen molar-refractivity contribution in [2.75, 3.05) is 33.9 Å². The number of ether oxygens (including phenoxy) is 1. The minimum absolute atomic E-state index is 0.0625. The lowest BCUT2D eigenvalue weighted by molar-refractivity contribution is -0.134. The number of hydrogen-bond acceptors (Lipinski definition) is 5. The molecule has 0 radical (unpaired) electrons. The Morgan fingerprint density at radius 1 is 1.45 bits per heavy atom. The maximum absolute atomic E-state index is 12.1. The average molecular weight is 327 g/mol. The third-order valence-electron chi connectivity index (χ3n) is 3.05. The summed E-state index contributed by atoms with van der Waals surface area (Å²) in [6, 6.07) is 0. The first-order valence-corrected chi connectivity index (χ1v) is 8.26. The third kappa shape index (κ3) is 6.53. The Labute approximate surface area is 135 Å². The van der Waals surface area contributed by atoms with Gasteiger partial charge in [0.2, 0.25) is 11.8 Å². The van der Waals surface area contributed by atoms with E-state index in [4.69, 9.17) is 4.74 Å². The van der Waals surface area contributed by atoms with Crippen LogP contribution in [0.25, 0.3) is 0 Å². The van der Waals surface area contributed by atoms with Crippen LogP contribution >= 0.6 is 11.3 Å². The number of hydrogen-bond donors (Lipinski definition) is 1. The van der Waals surface area contributed by atoms with Gasteiger partial charge in [0.05, 0.1) is 23.7 Å². The summed E-state index contributed by atoms with van der Waals surface area (Å²) in [5, 5.41) is 5.70. The second-order valence-electron chi connectivity index (χ2n) is 5.45. The first kappa shape index (κ1) is 18.6. The Bertz CT molecular complexity index is 488. The summed E-state index contributed by atoms with van der Waals surface area (Å²) in [4.78, 5) is 29.7. The van der Waals surface area contributed by atoms with Crippen molar-refractivity contribution in [3.8, 4) is 0 Å². The molecule has 0 bridgehead atoms. The summed E-state index contributed by atoms with van der Waals surface area (Å²) >= 11 is 1.57. The molecule has 2 amide bonds. The van der Waals surface area contributed by atoms with Gasteiger partial charge in [-0.25, -0.2) is 4.98 Å². The maximum Gasteiger partial charge on any atom is 0.239 e. The molecule has 6 nitrogen and oxygen atoms in total. The van der Waals surface area contributed by atoms with Crippen LogP contribution in [-0.2, 0) is 20.7 Å². The summed E-state index contributed by atoms with van der Waals surface area (Å²) in [6.07, 6.45) is 0.993. The molecule has 124 valence electrons. The number of nitrogens with zero attached hydrogens (tertiary/aromatic N) is 2. The highest BCUT2D eigenvalue weighted by molar-refractivity contribution is 7.09. The van der Waals surface area contributed by atoms with Crippen molar-refractivity contribution < 1.29 is 14.3 Å². The molecule has 1 heterocycles. The highest BCUT2D eigenvalue weighted by atomic mass is 32.1. The number of carbonyl (C=O) groups excluding carboxylic acids is 2. The smallest absolute Gasteiger partial charge is 0.239 e. The van der Waals surface area contributed by atoms with Gasteiger partial charge in [-0.1, -0.05) is 13.8 Å². The van der Waals surface area contributed by atoms with Gasteiger partial charge in [-0.2, -0.15) is 0 Å². The first-order chi connectivity index (χ1) is 10.4. The van der Waals surface area contributed by atoms with Crippen LogP contribution in [0, 0.1) is 0 Å². The molecule has 1 aromatic rings. The normalized spacial score (nSPS) is 10.8. The molecule has 0 atom stereocenters. The van der Waals surface area contributed by atoms with Crippen molar-refractivity contribution >= 4 is 23.2 Å². The number of thiazole rings is 1. The lowest BCUT2D eigenvalue weighted by atomic mass is 10.2. The largest absolute Gasteiger partial charge is 0.385 e. The number of rotatable bonds is 9. The van der Waals surface area contributed by atoms with Gasteiger partial charge in [0.1, 0.15) is 0 Å². The van der Waals surface area contributed by atoms with Crippen LogP contribution in [0.5, 0.6) is 0 Å². The fraction of sp³-hybridized carbons (Fsp3) is 0.667. The number of aromatic nitrogens is 1. The highest BCUT2D eigenvalue weighted by Gasteiger charge is 2.15. The van der Waals surface area contributed by atoms with Gasteiger partial charge in [-0.15, -0.1) is 11.3 Å². The van der Waals surface area contributed by atoms with E-state index in [1.807, 2.05) is 5.38 Å². The molecule has 0 aliphatic carbocycles. The number of likely N-dealkylation sites (N-methyl/N-ethyl adjacent to an activating group) is 1. The molecule has 0 unspecified atom stereocenters. The van der Waals surface area contributed by atoms with E-state index in [0.29, 0.717) is 19.1 Å². The lowest BCUT2D eigenvalue weighted by Crippen LogP contribution is -2.39. The predicted molar refractivity (Wildman–Crippen MR) is 87.0 cm³/mol. The molecule has 22 heavy (non-hydrogen) atoms. The molecular weight excluding hydrogens is 302 g/mol. The van der Waals surface area contributed by atoms with Gasteiger partial charge in [-0.3, -0.25) is 9.59 Å². The van der Waals surface area contributed by atoms with Crippen molar-refractivity contribution in [1.29, 1.82) is 0 Å². The predicted octanol–water partition coefficient (Wildman–Crippen LogP) is 1.42. The summed E-state index contributed by atoms with van der Waals surface area (Å²) in [6.45, 7) is 5.37. The van der Waals surface area contributed by atoms with Gasteiger partial charge >= 0.3 is 0 Å². The molecule has 0 spiro atoms. The van der Waals surface area contributed by atoms with E-state index >= 15 is 0 Å². The number of carbonyl (C=O) groups is 2. The van der Waals surface area contributed by atoms with E-state index in [1.165, 1.54) is 4.90 Å². The molecule has 0 saturated heterocycles. The van der Waals surface area contributed by atoms with Crippen molar-refractivity contribution in [1.82, 2.24) is 15.2 Å². The van der Waals surface area contributed by atoms with Gasteiger partial charge in [0.15, 0.2) is 0 Å². The Kier molecular flexibility index (Phi) is 8.05. The maximum atomic E-state index is 12.1. The molecule has 0 fully saturated rings. The second kappa shape index (κ2) is 9.53. The van der Waals surface area contributed by atoms with Crippen molar-refractivity contribution in [3.63, 3.8) is 0 Å². The van der Waals surface area contributed by atoms with E-state index in [9.17, 15) is 9.59 Å². The van der Waals surface area contributed by atoms with Crippen LogP contribution in [0.3, 0.4) is 0 Å². The average Bonchev–Trinajstić information content (AvgIpc) is 2.92. The third-order valence-corrected chi connectivity index (χ3v) is 4.24. The molecule has 0 aromatic carbocycles. The summed E-state index contributed by atoms with van der Waals surface area (Å²) in [5.74, 6) is 0.102. The number of amides is 2. The van der Waals surface area contributed by atoms with Gasteiger partial charge < -0.3 is 15.0 Å². The van der Waals surface area contributed by atoms with E-state index in [2.05, 4.69) is 24.1 Å². The van der Waals surface area contributed by atoms with E-state index in [1.54, 1.807) is 25.5 Å². The van der Waals surface area contributed by atoms with E-state index in [0.717, 1.165) is 17.1 Å². The van der Waals surface area contributed by atoms with Gasteiger partial charge in [-0.05, 0) is 6.42 Å². The van der Waals surface area contributed by atoms with E-state index < -0.39 is 0 Å². The molecule has 1 aromatic heterocycles. The van der Waals surface area contributed by atoms with Crippen LogP contribution in [0.2, 0.25) is 0 Å². The topological polar surface area (TPSA) is 71.5 Å². The zero-order valence-electron chi connectivity index (χ0n) is 13.7. The molecule has 7 heteroatoms. The highest BCUT2D eigenvalue weighted by Crippen LogP contribution is 2.19. The van der Waals surface area contributed by atoms with Crippen LogP contribution in [0.4, 0.5) is 0 Å². The Morgan fingerprint density at radius 3 is 2.77 bits per heavy atom. The minimum Gasteiger partial charge on any atom is -0.385 e. The standard InChI is InChI=1S/C15H25N3O3S/c1-11(2)15-17-12(10-22-15)8-14(20)18(3)9-13(19)16-6-5-7-21-4/h10-11H,5-9H2,1-4H3,(H,16,19). The van der Waals surface area contributed by atoms with Crippen LogP contribution in [-0.4, -0.2) is 55.6 Å². The molecule has 0 saturated carbocycles. The summed E-state index contributed by atoms with van der Waals surface area (Å²) in [5.41, 5.74) is 0.769. The first-order valence-electron chi connectivity index (χ1n) is 7.38. The van der Waals surface area contributed by atoms with Gasteiger partial charge in [0, 0.05) is 38.6 Å². The van der Waals surface area contributed by atoms with Crippen LogP contribution < -0.4 is 5.32 Å². The van der Waals surface area contributed by atoms with E-state index in [-0.39, 0.29) is 24.8 Å². The molecule has 0 aliphatic heterocycles. The monoisotopic (exact) mass is 327 g/mol. The summed E-state index contributed by atoms with van der Waals surface area (Å²) in [7, 11) is 3.25. The van der Waals surface area contributed by atoms with Crippen LogP contribution in [0.1, 0.15) is 36.9 Å². The quantitative estimate of drug-likeness (QED) is 0.696. The molecule has 0 aliphatic rings. The van der Waals surface area contributed by atoms with Crippen LogP contribution in [0.15, 0.2) is 5.38 Å². The zero-order valence-corrected chi connectivity index (χ0v) is 14.5. The fourth-order valence-corrected chi connectivity index (χ4v) is 2.60.